The molecule has 1 aromatic carbocycles. The summed E-state index contributed by atoms with van der Waals surface area (Å²) in [6.45, 7) is 4.07. The van der Waals surface area contributed by atoms with Gasteiger partial charge < -0.3 is 10.8 Å². The normalized spacial score (nSPS) is 23.1. The maximum atomic E-state index is 12.1. The lowest BCUT2D eigenvalue weighted by Crippen LogP contribution is -2.38. The first-order chi connectivity index (χ1) is 8.79. The van der Waals surface area contributed by atoms with Crippen LogP contribution in [0.25, 0.3) is 0 Å². The van der Waals surface area contributed by atoms with Crippen LogP contribution >= 0.6 is 0 Å². The Kier molecular flexibility index (Phi) is 3.85. The Hall–Kier alpha value is -1.11. The van der Waals surface area contributed by atoms with Gasteiger partial charge in [-0.2, -0.15) is 0 Å². The Morgan fingerprint density at radius 1 is 1.37 bits per heavy atom. The highest BCUT2D eigenvalue weighted by atomic mass is 32.2. The van der Waals surface area contributed by atoms with E-state index in [4.69, 9.17) is 5.73 Å². The first-order valence-electron chi connectivity index (χ1n) is 6.34. The minimum Gasteiger partial charge on any atom is -0.398 e. The fourth-order valence-electron chi connectivity index (χ4n) is 2.19. The van der Waals surface area contributed by atoms with Crippen LogP contribution < -0.4 is 10.5 Å². The van der Waals surface area contributed by atoms with E-state index in [9.17, 15) is 13.5 Å². The predicted octanol–water partition coefficient (Wildman–Crippen LogP) is 0.935. The lowest BCUT2D eigenvalue weighted by molar-refractivity contribution is 0.0453. The van der Waals surface area contributed by atoms with E-state index >= 15 is 0 Å². The van der Waals surface area contributed by atoms with Crippen LogP contribution in [0.1, 0.15) is 24.0 Å². The van der Waals surface area contributed by atoms with Crippen molar-refractivity contribution < 1.29 is 13.5 Å². The van der Waals surface area contributed by atoms with E-state index < -0.39 is 10.0 Å². The van der Waals surface area contributed by atoms with Crippen molar-refractivity contribution in [2.75, 3.05) is 12.3 Å². The summed E-state index contributed by atoms with van der Waals surface area (Å²) in [4.78, 5) is 0.202. The van der Waals surface area contributed by atoms with Gasteiger partial charge in [0.1, 0.15) is 0 Å². The SMILES string of the molecule is Cc1cc(S(=O)(=O)NCC2CC(O)C2)cc(N)c1C. The molecule has 0 aliphatic heterocycles. The second kappa shape index (κ2) is 5.11. The van der Waals surface area contributed by atoms with E-state index in [1.54, 1.807) is 6.07 Å². The van der Waals surface area contributed by atoms with Crippen molar-refractivity contribution in [3.63, 3.8) is 0 Å². The van der Waals surface area contributed by atoms with Gasteiger partial charge in [0.05, 0.1) is 11.0 Å². The number of aliphatic hydroxyl groups excluding tert-OH is 1. The quantitative estimate of drug-likeness (QED) is 0.717. The molecule has 0 bridgehead atoms. The van der Waals surface area contributed by atoms with E-state index in [1.165, 1.54) is 6.07 Å². The lowest BCUT2D eigenvalue weighted by atomic mass is 9.83. The van der Waals surface area contributed by atoms with Gasteiger partial charge in [-0.3, -0.25) is 0 Å². The summed E-state index contributed by atoms with van der Waals surface area (Å²) < 4.78 is 26.9. The van der Waals surface area contributed by atoms with Gasteiger partial charge >= 0.3 is 0 Å². The van der Waals surface area contributed by atoms with Gasteiger partial charge in [-0.1, -0.05) is 0 Å². The van der Waals surface area contributed by atoms with E-state index in [2.05, 4.69) is 4.72 Å². The van der Waals surface area contributed by atoms with Crippen LogP contribution in [0, 0.1) is 19.8 Å². The Labute approximate surface area is 113 Å². The molecule has 19 heavy (non-hydrogen) atoms. The number of rotatable bonds is 4. The second-order valence-corrected chi connectivity index (χ2v) is 7.06. The molecule has 4 N–H and O–H groups in total. The van der Waals surface area contributed by atoms with Crippen molar-refractivity contribution in [1.29, 1.82) is 0 Å². The summed E-state index contributed by atoms with van der Waals surface area (Å²) in [5, 5.41) is 9.17. The number of hydrogen-bond acceptors (Lipinski definition) is 4. The minimum atomic E-state index is -3.52. The molecular formula is C13H20N2O3S. The monoisotopic (exact) mass is 284 g/mol. The summed E-state index contributed by atoms with van der Waals surface area (Å²) >= 11 is 0. The molecule has 1 aromatic rings. The fourth-order valence-corrected chi connectivity index (χ4v) is 3.42. The average Bonchev–Trinajstić information content (AvgIpc) is 2.29. The summed E-state index contributed by atoms with van der Waals surface area (Å²) in [7, 11) is -3.52. The maximum absolute atomic E-state index is 12.1. The summed E-state index contributed by atoms with van der Waals surface area (Å²) in [5.41, 5.74) is 8.05. The van der Waals surface area contributed by atoms with Crippen molar-refractivity contribution in [1.82, 2.24) is 4.72 Å². The molecule has 0 spiro atoms. The molecule has 106 valence electrons. The van der Waals surface area contributed by atoms with Gasteiger partial charge in [0, 0.05) is 12.2 Å². The summed E-state index contributed by atoms with van der Waals surface area (Å²) in [6.07, 6.45) is 1.06. The highest BCUT2D eigenvalue weighted by molar-refractivity contribution is 7.89. The molecule has 6 heteroatoms. The third kappa shape index (κ3) is 3.08. The standard InChI is InChI=1S/C13H20N2O3S/c1-8-3-12(6-13(14)9(8)2)19(17,18)15-7-10-4-11(16)5-10/h3,6,10-11,15-16H,4-5,7,14H2,1-2H3. The molecule has 2 rings (SSSR count). The van der Waals surface area contributed by atoms with Crippen LogP contribution in [-0.4, -0.2) is 26.2 Å². The molecule has 0 radical (unpaired) electrons. The third-order valence-electron chi connectivity index (χ3n) is 3.76. The van der Waals surface area contributed by atoms with Crippen molar-refractivity contribution >= 4 is 15.7 Å². The van der Waals surface area contributed by atoms with Crippen LogP contribution in [0.3, 0.4) is 0 Å². The molecule has 1 fully saturated rings. The van der Waals surface area contributed by atoms with Crippen LogP contribution in [0.4, 0.5) is 5.69 Å². The molecule has 1 saturated carbocycles. The number of anilines is 1. The van der Waals surface area contributed by atoms with Crippen molar-refractivity contribution in [2.24, 2.45) is 5.92 Å². The van der Waals surface area contributed by atoms with E-state index in [1.807, 2.05) is 13.8 Å². The van der Waals surface area contributed by atoms with Gasteiger partial charge in [0.2, 0.25) is 10.0 Å². The molecule has 0 amide bonds. The zero-order chi connectivity index (χ0) is 14.2. The van der Waals surface area contributed by atoms with Gasteiger partial charge in [-0.25, -0.2) is 13.1 Å². The second-order valence-electron chi connectivity index (χ2n) is 5.30. The molecule has 0 atom stereocenters. The molecule has 5 nitrogen and oxygen atoms in total. The smallest absolute Gasteiger partial charge is 0.240 e. The van der Waals surface area contributed by atoms with Crippen LogP contribution in [0.15, 0.2) is 17.0 Å². The minimum absolute atomic E-state index is 0.202. The van der Waals surface area contributed by atoms with Crippen molar-refractivity contribution in [3.8, 4) is 0 Å². The molecule has 1 aliphatic carbocycles. The Morgan fingerprint density at radius 3 is 2.53 bits per heavy atom. The largest absolute Gasteiger partial charge is 0.398 e. The number of sulfonamides is 1. The number of nitrogens with one attached hydrogen (secondary N) is 1. The number of nitrogen functional groups attached to an aromatic ring is 1. The third-order valence-corrected chi connectivity index (χ3v) is 5.17. The number of benzene rings is 1. The molecule has 0 aromatic heterocycles. The number of nitrogens with two attached hydrogens (primary N) is 1. The number of hydrogen-bond donors (Lipinski definition) is 3. The van der Waals surface area contributed by atoms with Gasteiger partial charge in [0.15, 0.2) is 0 Å². The van der Waals surface area contributed by atoms with Gasteiger partial charge in [0.25, 0.3) is 0 Å². The topological polar surface area (TPSA) is 92.4 Å². The fraction of sp³-hybridized carbons (Fsp3) is 0.538. The maximum Gasteiger partial charge on any atom is 0.240 e. The highest BCUT2D eigenvalue weighted by Crippen LogP contribution is 2.27. The zero-order valence-electron chi connectivity index (χ0n) is 11.2. The molecule has 0 saturated heterocycles. The predicted molar refractivity (Wildman–Crippen MR) is 74.2 cm³/mol. The highest BCUT2D eigenvalue weighted by Gasteiger charge is 2.28. The van der Waals surface area contributed by atoms with Gasteiger partial charge in [-0.05, 0) is 55.9 Å². The van der Waals surface area contributed by atoms with Crippen LogP contribution in [-0.2, 0) is 10.0 Å². The Morgan fingerprint density at radius 2 is 2.00 bits per heavy atom. The number of aryl methyl sites for hydroxylation is 1. The summed E-state index contributed by atoms with van der Waals surface area (Å²) in [6, 6.07) is 3.12. The number of aliphatic hydroxyl groups is 1. The first kappa shape index (κ1) is 14.3. The molecule has 0 unspecified atom stereocenters. The van der Waals surface area contributed by atoms with Crippen LogP contribution in [0.2, 0.25) is 0 Å². The summed E-state index contributed by atoms with van der Waals surface area (Å²) in [5.74, 6) is 0.230. The van der Waals surface area contributed by atoms with Crippen molar-refractivity contribution in [2.45, 2.75) is 37.7 Å². The molecule has 1 aliphatic rings. The Balaban J connectivity index is 2.11. The van der Waals surface area contributed by atoms with Gasteiger partial charge in [-0.15, -0.1) is 0 Å². The van der Waals surface area contributed by atoms with E-state index in [0.29, 0.717) is 25.1 Å². The van der Waals surface area contributed by atoms with Crippen LogP contribution in [0.5, 0.6) is 0 Å². The zero-order valence-corrected chi connectivity index (χ0v) is 12.0. The Bertz CT molecular complexity index is 555. The molecule has 0 heterocycles. The van der Waals surface area contributed by atoms with E-state index in [-0.39, 0.29) is 16.9 Å². The average molecular weight is 284 g/mol. The molecular weight excluding hydrogens is 264 g/mol. The first-order valence-corrected chi connectivity index (χ1v) is 7.82. The lowest BCUT2D eigenvalue weighted by Gasteiger charge is -2.31. The van der Waals surface area contributed by atoms with Crippen molar-refractivity contribution in [3.05, 3.63) is 23.3 Å². The van der Waals surface area contributed by atoms with E-state index in [0.717, 1.165) is 11.1 Å².